The van der Waals surface area contributed by atoms with Gasteiger partial charge in [0.05, 0.1) is 15.6 Å². The van der Waals surface area contributed by atoms with E-state index in [1.54, 1.807) is 0 Å². The van der Waals surface area contributed by atoms with Gasteiger partial charge < -0.3 is 5.32 Å². The molecule has 8 heteroatoms. The number of pyridine rings is 1. The molecular formula is C8H8BrN3O4. The Kier molecular flexibility index (Phi) is 3.78. The summed E-state index contributed by atoms with van der Waals surface area (Å²) < 4.78 is 1.02. The molecule has 0 saturated carbocycles. The molecule has 0 saturated heterocycles. The van der Waals surface area contributed by atoms with Crippen molar-refractivity contribution in [3.63, 3.8) is 0 Å². The molecule has 0 aliphatic heterocycles. The first kappa shape index (κ1) is 12.4. The van der Waals surface area contributed by atoms with Crippen LogP contribution in [0.1, 0.15) is 0 Å². The molecule has 1 heterocycles. The highest BCUT2D eigenvalue weighted by Gasteiger charge is 2.13. The number of halogens is 1. The van der Waals surface area contributed by atoms with Gasteiger partial charge in [-0.15, -0.1) is 0 Å². The van der Waals surface area contributed by atoms with E-state index >= 15 is 0 Å². The van der Waals surface area contributed by atoms with Crippen molar-refractivity contribution in [1.29, 1.82) is 0 Å². The highest BCUT2D eigenvalue weighted by atomic mass is 79.9. The van der Waals surface area contributed by atoms with Gasteiger partial charge in [0, 0.05) is 13.1 Å². The summed E-state index contributed by atoms with van der Waals surface area (Å²) in [4.78, 5) is 32.5. The number of aromatic nitrogens is 1. The maximum Gasteiger partial charge on any atom is 0.286 e. The third kappa shape index (κ3) is 2.66. The quantitative estimate of drug-likeness (QED) is 0.638. The molecule has 1 N–H and O–H groups in total. The fourth-order valence-corrected chi connectivity index (χ4v) is 1.50. The van der Waals surface area contributed by atoms with Crippen LogP contribution in [-0.2, 0) is 11.3 Å². The molecule has 0 bridgehead atoms. The third-order valence-corrected chi connectivity index (χ3v) is 2.40. The van der Waals surface area contributed by atoms with Gasteiger partial charge in [-0.05, 0) is 15.9 Å². The van der Waals surface area contributed by atoms with Crippen LogP contribution in [0.2, 0.25) is 0 Å². The zero-order valence-electron chi connectivity index (χ0n) is 8.27. The Morgan fingerprint density at radius 2 is 2.31 bits per heavy atom. The Hall–Kier alpha value is -1.70. The first-order valence-corrected chi connectivity index (χ1v) is 5.00. The maximum absolute atomic E-state index is 11.5. The van der Waals surface area contributed by atoms with Gasteiger partial charge in [-0.25, -0.2) is 0 Å². The Morgan fingerprint density at radius 1 is 1.69 bits per heavy atom. The van der Waals surface area contributed by atoms with E-state index in [2.05, 4.69) is 21.2 Å². The Morgan fingerprint density at radius 3 is 2.81 bits per heavy atom. The average molecular weight is 290 g/mol. The monoisotopic (exact) mass is 289 g/mol. The lowest BCUT2D eigenvalue weighted by molar-refractivity contribution is -0.385. The summed E-state index contributed by atoms with van der Waals surface area (Å²) in [5.74, 6) is -0.408. The predicted octanol–water partition coefficient (Wildman–Crippen LogP) is 0.265. The van der Waals surface area contributed by atoms with Gasteiger partial charge in [0.1, 0.15) is 6.54 Å². The van der Waals surface area contributed by atoms with E-state index in [0.29, 0.717) is 0 Å². The van der Waals surface area contributed by atoms with Crippen LogP contribution in [0.25, 0.3) is 0 Å². The van der Waals surface area contributed by atoms with Gasteiger partial charge in [0.25, 0.3) is 11.2 Å². The van der Waals surface area contributed by atoms with Gasteiger partial charge in [-0.3, -0.25) is 24.3 Å². The first-order chi connectivity index (χ1) is 7.45. The molecule has 86 valence electrons. The number of nitrogens with zero attached hydrogens (tertiary/aromatic N) is 2. The Balaban J connectivity index is 3.22. The minimum Gasteiger partial charge on any atom is -0.358 e. The Bertz CT molecular complexity index is 497. The molecular weight excluding hydrogens is 282 g/mol. The van der Waals surface area contributed by atoms with Gasteiger partial charge in [0.2, 0.25) is 5.91 Å². The molecule has 0 fully saturated rings. The fourth-order valence-electron chi connectivity index (χ4n) is 1.04. The van der Waals surface area contributed by atoms with Crippen molar-refractivity contribution in [3.8, 4) is 0 Å². The van der Waals surface area contributed by atoms with Crippen LogP contribution >= 0.6 is 15.9 Å². The normalized spacial score (nSPS) is 9.88. The van der Waals surface area contributed by atoms with E-state index in [4.69, 9.17) is 0 Å². The van der Waals surface area contributed by atoms with Crippen LogP contribution in [0.4, 0.5) is 5.69 Å². The number of likely N-dealkylation sites (N-methyl/N-ethyl adjacent to an activating group) is 1. The largest absolute Gasteiger partial charge is 0.358 e. The SMILES string of the molecule is CNC(=O)Cn1cc([N+](=O)[O-])cc(Br)c1=O. The summed E-state index contributed by atoms with van der Waals surface area (Å²) in [7, 11) is 1.42. The molecule has 1 amide bonds. The van der Waals surface area contributed by atoms with E-state index in [0.717, 1.165) is 16.8 Å². The lowest BCUT2D eigenvalue weighted by atomic mass is 10.4. The number of rotatable bonds is 3. The second kappa shape index (κ2) is 4.88. The van der Waals surface area contributed by atoms with Crippen LogP contribution in [0.15, 0.2) is 21.5 Å². The van der Waals surface area contributed by atoms with Gasteiger partial charge in [0.15, 0.2) is 0 Å². The second-order valence-corrected chi connectivity index (χ2v) is 3.76. The van der Waals surface area contributed by atoms with Gasteiger partial charge >= 0.3 is 0 Å². The zero-order valence-corrected chi connectivity index (χ0v) is 9.85. The van der Waals surface area contributed by atoms with Crippen molar-refractivity contribution in [2.24, 2.45) is 0 Å². The van der Waals surface area contributed by atoms with Gasteiger partial charge in [-0.1, -0.05) is 0 Å². The minimum atomic E-state index is -0.634. The molecule has 0 unspecified atom stereocenters. The van der Waals surface area contributed by atoms with E-state index in [9.17, 15) is 19.7 Å². The summed E-state index contributed by atoms with van der Waals surface area (Å²) >= 11 is 2.91. The van der Waals surface area contributed by atoms with Gasteiger partial charge in [-0.2, -0.15) is 0 Å². The van der Waals surface area contributed by atoms with E-state index in [1.165, 1.54) is 7.05 Å². The highest BCUT2D eigenvalue weighted by Crippen LogP contribution is 2.13. The summed E-state index contributed by atoms with van der Waals surface area (Å²) in [5.41, 5.74) is -0.746. The van der Waals surface area contributed by atoms with Crippen LogP contribution in [0.3, 0.4) is 0 Å². The molecule has 0 radical (unpaired) electrons. The number of nitrogens with one attached hydrogen (secondary N) is 1. The zero-order chi connectivity index (χ0) is 12.3. The summed E-state index contributed by atoms with van der Waals surface area (Å²) in [6.45, 7) is -0.254. The number of hydrogen-bond donors (Lipinski definition) is 1. The molecule has 0 aliphatic carbocycles. The molecule has 0 spiro atoms. The number of nitro groups is 1. The van der Waals surface area contributed by atoms with Crippen LogP contribution in [0, 0.1) is 10.1 Å². The number of amides is 1. The molecule has 1 aromatic heterocycles. The fraction of sp³-hybridized carbons (Fsp3) is 0.250. The molecule has 16 heavy (non-hydrogen) atoms. The summed E-state index contributed by atoms with van der Waals surface area (Å²) in [6, 6.07) is 1.10. The van der Waals surface area contributed by atoms with Crippen molar-refractivity contribution in [3.05, 3.63) is 37.2 Å². The van der Waals surface area contributed by atoms with E-state index in [1.807, 2.05) is 0 Å². The van der Waals surface area contributed by atoms with Crippen LogP contribution in [0.5, 0.6) is 0 Å². The first-order valence-electron chi connectivity index (χ1n) is 4.20. The third-order valence-electron chi connectivity index (χ3n) is 1.83. The van der Waals surface area contributed by atoms with Crippen molar-refractivity contribution in [1.82, 2.24) is 9.88 Å². The lowest BCUT2D eigenvalue weighted by Gasteiger charge is -2.04. The number of carbonyl (C=O) groups is 1. The standard InChI is InChI=1S/C8H8BrN3O4/c1-10-7(13)4-11-3-5(12(15)16)2-6(9)8(11)14/h2-3H,4H2,1H3,(H,10,13). The Labute approximate surface area is 98.3 Å². The lowest BCUT2D eigenvalue weighted by Crippen LogP contribution is -2.30. The molecule has 0 aromatic carbocycles. The molecule has 0 aliphatic rings. The maximum atomic E-state index is 11.5. The number of hydrogen-bond acceptors (Lipinski definition) is 4. The van der Waals surface area contributed by atoms with Crippen molar-refractivity contribution < 1.29 is 9.72 Å². The van der Waals surface area contributed by atoms with Crippen molar-refractivity contribution in [2.75, 3.05) is 7.05 Å². The topological polar surface area (TPSA) is 94.2 Å². The average Bonchev–Trinajstić information content (AvgIpc) is 2.23. The molecule has 7 nitrogen and oxygen atoms in total. The smallest absolute Gasteiger partial charge is 0.286 e. The van der Waals surface area contributed by atoms with E-state index in [-0.39, 0.29) is 16.7 Å². The van der Waals surface area contributed by atoms with Crippen molar-refractivity contribution in [2.45, 2.75) is 6.54 Å². The molecule has 1 rings (SSSR count). The second-order valence-electron chi connectivity index (χ2n) is 2.91. The van der Waals surface area contributed by atoms with E-state index < -0.39 is 16.4 Å². The van der Waals surface area contributed by atoms with Crippen LogP contribution in [-0.4, -0.2) is 22.4 Å². The van der Waals surface area contributed by atoms with Crippen molar-refractivity contribution >= 4 is 27.5 Å². The highest BCUT2D eigenvalue weighted by molar-refractivity contribution is 9.10. The summed E-state index contributed by atoms with van der Waals surface area (Å²) in [5, 5.41) is 12.9. The predicted molar refractivity (Wildman–Crippen MR) is 59.1 cm³/mol. The molecule has 0 atom stereocenters. The minimum absolute atomic E-state index is 0.0469. The molecule has 1 aromatic rings. The van der Waals surface area contributed by atoms with Crippen LogP contribution < -0.4 is 10.9 Å². The summed E-state index contributed by atoms with van der Waals surface area (Å²) in [6.07, 6.45) is 1.03. The number of carbonyl (C=O) groups excluding carboxylic acids is 1.